The van der Waals surface area contributed by atoms with Crippen molar-refractivity contribution in [2.45, 2.75) is 13.3 Å². The summed E-state index contributed by atoms with van der Waals surface area (Å²) >= 11 is 0. The monoisotopic (exact) mass is 203 g/mol. The molecule has 0 amide bonds. The molecule has 3 nitrogen and oxygen atoms in total. The highest BCUT2D eigenvalue weighted by atomic mass is 16.7. The van der Waals surface area contributed by atoms with Gasteiger partial charge in [0.2, 0.25) is 0 Å². The van der Waals surface area contributed by atoms with Crippen molar-refractivity contribution in [2.24, 2.45) is 0 Å². The Bertz CT molecular complexity index is 473. The molecule has 3 heteroatoms. The number of aromatic nitrogens is 1. The molecule has 0 saturated heterocycles. The van der Waals surface area contributed by atoms with E-state index in [0.717, 1.165) is 23.6 Å². The Balaban J connectivity index is 2.50. The van der Waals surface area contributed by atoms with Gasteiger partial charge in [0.15, 0.2) is 6.29 Å². The molecular weight excluding hydrogens is 190 g/mol. The standard InChI is InChI=1S/C12H13NO2/c1-2-7-15-13-8-10(9-14)11-5-3-4-6-12(11)13/h3-6,8-9H,2,7H2,1H3. The predicted octanol–water partition coefficient (Wildman–Crippen LogP) is 2.29. The maximum absolute atomic E-state index is 10.8. The Labute approximate surface area is 88.2 Å². The highest BCUT2D eigenvalue weighted by Crippen LogP contribution is 2.18. The van der Waals surface area contributed by atoms with Gasteiger partial charge in [-0.15, -0.1) is 0 Å². The van der Waals surface area contributed by atoms with E-state index in [2.05, 4.69) is 0 Å². The van der Waals surface area contributed by atoms with Crippen molar-refractivity contribution >= 4 is 17.2 Å². The van der Waals surface area contributed by atoms with Crippen LogP contribution in [-0.4, -0.2) is 17.6 Å². The van der Waals surface area contributed by atoms with Gasteiger partial charge < -0.3 is 4.84 Å². The summed E-state index contributed by atoms with van der Waals surface area (Å²) in [5.41, 5.74) is 1.61. The van der Waals surface area contributed by atoms with Gasteiger partial charge in [0.05, 0.1) is 11.7 Å². The number of aldehydes is 1. The Morgan fingerprint density at radius 2 is 2.20 bits per heavy atom. The molecule has 78 valence electrons. The normalized spacial score (nSPS) is 10.5. The minimum atomic E-state index is 0.650. The molecule has 0 N–H and O–H groups in total. The van der Waals surface area contributed by atoms with Crippen molar-refractivity contribution < 1.29 is 9.63 Å². The van der Waals surface area contributed by atoms with Crippen LogP contribution in [0.2, 0.25) is 0 Å². The van der Waals surface area contributed by atoms with Gasteiger partial charge in [0, 0.05) is 10.9 Å². The van der Waals surface area contributed by atoms with Gasteiger partial charge in [-0.3, -0.25) is 4.79 Å². The molecule has 15 heavy (non-hydrogen) atoms. The summed E-state index contributed by atoms with van der Waals surface area (Å²) < 4.78 is 1.67. The van der Waals surface area contributed by atoms with Crippen LogP contribution in [0.1, 0.15) is 23.7 Å². The quantitative estimate of drug-likeness (QED) is 0.714. The second-order valence-electron chi connectivity index (χ2n) is 3.38. The van der Waals surface area contributed by atoms with Crippen LogP contribution < -0.4 is 4.84 Å². The summed E-state index contributed by atoms with van der Waals surface area (Å²) in [7, 11) is 0. The molecule has 0 radical (unpaired) electrons. The number of hydrogen-bond acceptors (Lipinski definition) is 2. The van der Waals surface area contributed by atoms with Crippen molar-refractivity contribution in [3.8, 4) is 0 Å². The maximum atomic E-state index is 10.8. The Hall–Kier alpha value is -1.77. The minimum Gasteiger partial charge on any atom is -0.414 e. The molecule has 0 unspecified atom stereocenters. The van der Waals surface area contributed by atoms with Gasteiger partial charge in [0.25, 0.3) is 0 Å². The van der Waals surface area contributed by atoms with E-state index in [1.54, 1.807) is 10.9 Å². The molecule has 1 aromatic carbocycles. The van der Waals surface area contributed by atoms with Crippen molar-refractivity contribution in [2.75, 3.05) is 6.61 Å². The van der Waals surface area contributed by atoms with Crippen LogP contribution in [0.4, 0.5) is 0 Å². The van der Waals surface area contributed by atoms with Crippen molar-refractivity contribution in [3.63, 3.8) is 0 Å². The van der Waals surface area contributed by atoms with Crippen LogP contribution in [-0.2, 0) is 0 Å². The molecule has 0 aliphatic carbocycles. The van der Waals surface area contributed by atoms with E-state index >= 15 is 0 Å². The predicted molar refractivity (Wildman–Crippen MR) is 59.1 cm³/mol. The average molecular weight is 203 g/mol. The third-order valence-corrected chi connectivity index (χ3v) is 2.27. The van der Waals surface area contributed by atoms with E-state index in [1.165, 1.54) is 0 Å². The molecule has 2 rings (SSSR count). The Morgan fingerprint density at radius 3 is 2.93 bits per heavy atom. The van der Waals surface area contributed by atoms with Crippen LogP contribution in [0.3, 0.4) is 0 Å². The molecule has 2 aromatic rings. The summed E-state index contributed by atoms with van der Waals surface area (Å²) in [5.74, 6) is 0. The second-order valence-corrected chi connectivity index (χ2v) is 3.38. The van der Waals surface area contributed by atoms with Gasteiger partial charge in [-0.1, -0.05) is 25.1 Å². The summed E-state index contributed by atoms with van der Waals surface area (Å²) in [6.45, 7) is 2.70. The van der Waals surface area contributed by atoms with Crippen LogP contribution in [0.25, 0.3) is 10.9 Å². The van der Waals surface area contributed by atoms with Crippen molar-refractivity contribution in [3.05, 3.63) is 36.0 Å². The van der Waals surface area contributed by atoms with E-state index in [0.29, 0.717) is 12.2 Å². The van der Waals surface area contributed by atoms with Crippen molar-refractivity contribution in [1.82, 2.24) is 4.73 Å². The molecule has 0 saturated carbocycles. The van der Waals surface area contributed by atoms with Gasteiger partial charge in [-0.2, -0.15) is 4.73 Å². The number of benzene rings is 1. The summed E-state index contributed by atoms with van der Waals surface area (Å²) in [6, 6.07) is 7.71. The van der Waals surface area contributed by atoms with Gasteiger partial charge in [-0.05, 0) is 12.5 Å². The second kappa shape index (κ2) is 4.17. The van der Waals surface area contributed by atoms with E-state index < -0.39 is 0 Å². The zero-order chi connectivity index (χ0) is 10.7. The first-order valence-corrected chi connectivity index (χ1v) is 5.05. The lowest BCUT2D eigenvalue weighted by molar-refractivity contribution is 0.110. The number of para-hydroxylation sites is 1. The van der Waals surface area contributed by atoms with Crippen LogP contribution in [0, 0.1) is 0 Å². The smallest absolute Gasteiger partial charge is 0.152 e. The van der Waals surface area contributed by atoms with Crippen molar-refractivity contribution in [1.29, 1.82) is 0 Å². The molecule has 0 spiro atoms. The first-order valence-electron chi connectivity index (χ1n) is 5.05. The molecule has 1 aromatic heterocycles. The largest absolute Gasteiger partial charge is 0.414 e. The summed E-state index contributed by atoms with van der Waals surface area (Å²) in [6.07, 6.45) is 3.53. The topological polar surface area (TPSA) is 31.2 Å². The zero-order valence-electron chi connectivity index (χ0n) is 8.64. The van der Waals surface area contributed by atoms with Gasteiger partial charge >= 0.3 is 0 Å². The van der Waals surface area contributed by atoms with Crippen LogP contribution >= 0.6 is 0 Å². The number of fused-ring (bicyclic) bond motifs is 1. The molecule has 0 aliphatic heterocycles. The minimum absolute atomic E-state index is 0.650. The lowest BCUT2D eigenvalue weighted by Crippen LogP contribution is -2.10. The highest BCUT2D eigenvalue weighted by molar-refractivity contribution is 5.97. The summed E-state index contributed by atoms with van der Waals surface area (Å²) in [5, 5.41) is 0.934. The molecule has 0 bridgehead atoms. The average Bonchev–Trinajstić information content (AvgIpc) is 2.65. The highest BCUT2D eigenvalue weighted by Gasteiger charge is 2.06. The molecular formula is C12H13NO2. The third kappa shape index (κ3) is 1.73. The van der Waals surface area contributed by atoms with E-state index in [1.807, 2.05) is 31.2 Å². The van der Waals surface area contributed by atoms with Gasteiger partial charge in [-0.25, -0.2) is 0 Å². The fourth-order valence-corrected chi connectivity index (χ4v) is 1.57. The molecule has 1 heterocycles. The maximum Gasteiger partial charge on any atom is 0.152 e. The molecule has 0 aliphatic rings. The molecule has 0 fully saturated rings. The number of carbonyl (C=O) groups excluding carboxylic acids is 1. The lowest BCUT2D eigenvalue weighted by Gasteiger charge is -2.05. The zero-order valence-corrected chi connectivity index (χ0v) is 8.64. The Morgan fingerprint density at radius 1 is 1.40 bits per heavy atom. The molecule has 0 atom stereocenters. The number of rotatable bonds is 4. The van der Waals surface area contributed by atoms with E-state index in [-0.39, 0.29) is 0 Å². The first-order chi connectivity index (χ1) is 7.36. The number of nitrogens with zero attached hydrogens (tertiary/aromatic N) is 1. The summed E-state index contributed by atoms with van der Waals surface area (Å²) in [4.78, 5) is 16.3. The number of carbonyl (C=O) groups is 1. The fraction of sp³-hybridized carbons (Fsp3) is 0.250. The van der Waals surface area contributed by atoms with Crippen LogP contribution in [0.5, 0.6) is 0 Å². The fourth-order valence-electron chi connectivity index (χ4n) is 1.57. The number of hydrogen-bond donors (Lipinski definition) is 0. The third-order valence-electron chi connectivity index (χ3n) is 2.27. The first kappa shape index (κ1) is 9.77. The van der Waals surface area contributed by atoms with Crippen LogP contribution in [0.15, 0.2) is 30.5 Å². The lowest BCUT2D eigenvalue weighted by atomic mass is 10.2. The Kier molecular flexibility index (Phi) is 2.72. The van der Waals surface area contributed by atoms with Gasteiger partial charge in [0.1, 0.15) is 6.61 Å². The van der Waals surface area contributed by atoms with E-state index in [4.69, 9.17) is 4.84 Å². The van der Waals surface area contributed by atoms with E-state index in [9.17, 15) is 4.79 Å². The SMILES string of the molecule is CCCOn1cc(C=O)c2ccccc21.